The molecule has 0 radical (unpaired) electrons. The van der Waals surface area contributed by atoms with Gasteiger partial charge in [0.1, 0.15) is 5.54 Å². The number of halogens is 1. The van der Waals surface area contributed by atoms with Gasteiger partial charge in [0.15, 0.2) is 11.6 Å². The van der Waals surface area contributed by atoms with Gasteiger partial charge in [0.25, 0.3) is 0 Å². The lowest BCUT2D eigenvalue weighted by Crippen LogP contribution is -2.53. The number of methoxy groups -OCH3 is 1. The van der Waals surface area contributed by atoms with E-state index in [1.807, 2.05) is 0 Å². The Balaban J connectivity index is 3.22. The van der Waals surface area contributed by atoms with E-state index in [0.717, 1.165) is 12.1 Å². The van der Waals surface area contributed by atoms with E-state index in [-0.39, 0.29) is 23.5 Å². The summed E-state index contributed by atoms with van der Waals surface area (Å²) < 4.78 is 44.9. The summed E-state index contributed by atoms with van der Waals surface area (Å²) in [5, 5.41) is 9.25. The molecule has 118 valence electrons. The Kier molecular flexibility index (Phi) is 5.30. The van der Waals surface area contributed by atoms with E-state index in [9.17, 15) is 22.7 Å². The van der Waals surface area contributed by atoms with E-state index >= 15 is 0 Å². The number of hydrogen-bond donors (Lipinski definition) is 2. The minimum absolute atomic E-state index is 0.0662. The van der Waals surface area contributed by atoms with Crippen LogP contribution in [0.25, 0.3) is 0 Å². The van der Waals surface area contributed by atoms with Gasteiger partial charge in [-0.1, -0.05) is 13.8 Å². The van der Waals surface area contributed by atoms with Gasteiger partial charge in [-0.25, -0.2) is 12.8 Å². The third-order valence-electron chi connectivity index (χ3n) is 3.38. The average molecular weight is 319 g/mol. The molecule has 0 aromatic heterocycles. The molecule has 0 saturated carbocycles. The molecule has 8 heteroatoms. The molecule has 0 aliphatic heterocycles. The van der Waals surface area contributed by atoms with Crippen molar-refractivity contribution in [1.29, 1.82) is 0 Å². The highest BCUT2D eigenvalue weighted by molar-refractivity contribution is 7.89. The number of sulfonamides is 1. The van der Waals surface area contributed by atoms with Gasteiger partial charge in [-0.05, 0) is 31.0 Å². The van der Waals surface area contributed by atoms with Crippen molar-refractivity contribution in [3.63, 3.8) is 0 Å². The third-order valence-corrected chi connectivity index (χ3v) is 4.91. The van der Waals surface area contributed by atoms with Gasteiger partial charge in [0.05, 0.1) is 12.0 Å². The molecule has 0 amide bonds. The quantitative estimate of drug-likeness (QED) is 0.799. The minimum atomic E-state index is -4.16. The summed E-state index contributed by atoms with van der Waals surface area (Å²) >= 11 is 0. The molecule has 0 heterocycles. The first-order chi connectivity index (χ1) is 9.72. The van der Waals surface area contributed by atoms with Crippen LogP contribution in [0.15, 0.2) is 23.1 Å². The summed E-state index contributed by atoms with van der Waals surface area (Å²) in [5.74, 6) is -2.20. The molecule has 6 nitrogen and oxygen atoms in total. The highest BCUT2D eigenvalue weighted by Crippen LogP contribution is 2.24. The highest BCUT2D eigenvalue weighted by atomic mass is 32.2. The second-order valence-electron chi connectivity index (χ2n) is 4.50. The lowest BCUT2D eigenvalue weighted by atomic mass is 9.95. The maximum absolute atomic E-state index is 13.6. The van der Waals surface area contributed by atoms with Gasteiger partial charge in [0.2, 0.25) is 10.0 Å². The van der Waals surface area contributed by atoms with Crippen LogP contribution in [0.3, 0.4) is 0 Å². The maximum Gasteiger partial charge on any atom is 0.324 e. The van der Waals surface area contributed by atoms with Gasteiger partial charge < -0.3 is 9.84 Å². The molecule has 2 N–H and O–H groups in total. The van der Waals surface area contributed by atoms with Crippen molar-refractivity contribution < 1.29 is 27.4 Å². The molecule has 0 unspecified atom stereocenters. The Bertz CT molecular complexity index is 625. The van der Waals surface area contributed by atoms with Crippen molar-refractivity contribution in [3.8, 4) is 5.75 Å². The summed E-state index contributed by atoms with van der Waals surface area (Å²) in [6.45, 7) is 3.13. The van der Waals surface area contributed by atoms with Crippen LogP contribution in [0.4, 0.5) is 4.39 Å². The van der Waals surface area contributed by atoms with Crippen molar-refractivity contribution >= 4 is 16.0 Å². The maximum atomic E-state index is 13.6. The molecule has 0 bridgehead atoms. The molecule has 0 fully saturated rings. The largest absolute Gasteiger partial charge is 0.494 e. The van der Waals surface area contributed by atoms with E-state index in [2.05, 4.69) is 4.72 Å². The van der Waals surface area contributed by atoms with Gasteiger partial charge in [-0.3, -0.25) is 4.79 Å². The number of benzene rings is 1. The van der Waals surface area contributed by atoms with Crippen LogP contribution in [-0.4, -0.2) is 32.1 Å². The first kappa shape index (κ1) is 17.4. The number of nitrogens with one attached hydrogen (secondary N) is 1. The van der Waals surface area contributed by atoms with Crippen molar-refractivity contribution in [1.82, 2.24) is 4.72 Å². The Hall–Kier alpha value is -1.67. The predicted molar refractivity (Wildman–Crippen MR) is 74.2 cm³/mol. The van der Waals surface area contributed by atoms with E-state index < -0.39 is 27.3 Å². The van der Waals surface area contributed by atoms with Crippen LogP contribution < -0.4 is 9.46 Å². The second-order valence-corrected chi connectivity index (χ2v) is 6.18. The van der Waals surface area contributed by atoms with E-state index in [0.29, 0.717) is 0 Å². The van der Waals surface area contributed by atoms with E-state index in [1.54, 1.807) is 13.8 Å². The Labute approximate surface area is 123 Å². The molecule has 0 atom stereocenters. The van der Waals surface area contributed by atoms with Crippen molar-refractivity contribution in [3.05, 3.63) is 24.0 Å². The fourth-order valence-corrected chi connectivity index (χ4v) is 3.38. The highest BCUT2D eigenvalue weighted by Gasteiger charge is 2.39. The fraction of sp³-hybridized carbons (Fsp3) is 0.462. The summed E-state index contributed by atoms with van der Waals surface area (Å²) in [7, 11) is -2.90. The monoisotopic (exact) mass is 319 g/mol. The third kappa shape index (κ3) is 3.51. The van der Waals surface area contributed by atoms with Crippen LogP contribution in [0.5, 0.6) is 5.75 Å². The van der Waals surface area contributed by atoms with Gasteiger partial charge in [-0.2, -0.15) is 4.72 Å². The summed E-state index contributed by atoms with van der Waals surface area (Å²) in [6, 6.07) is 3.12. The lowest BCUT2D eigenvalue weighted by molar-refractivity contribution is -0.144. The summed E-state index contributed by atoms with van der Waals surface area (Å²) in [5.41, 5.74) is -1.62. The fourth-order valence-electron chi connectivity index (χ4n) is 1.87. The molecular formula is C13H18FNO5S. The minimum Gasteiger partial charge on any atom is -0.494 e. The molecule has 1 aromatic rings. The van der Waals surface area contributed by atoms with Crippen LogP contribution >= 0.6 is 0 Å². The van der Waals surface area contributed by atoms with Crippen LogP contribution in [-0.2, 0) is 14.8 Å². The Morgan fingerprint density at radius 3 is 2.33 bits per heavy atom. The van der Waals surface area contributed by atoms with Crippen LogP contribution in [0.2, 0.25) is 0 Å². The smallest absolute Gasteiger partial charge is 0.324 e. The molecule has 21 heavy (non-hydrogen) atoms. The number of aliphatic carboxylic acids is 1. The Morgan fingerprint density at radius 2 is 1.95 bits per heavy atom. The number of hydrogen-bond acceptors (Lipinski definition) is 4. The van der Waals surface area contributed by atoms with Crippen LogP contribution in [0, 0.1) is 5.82 Å². The lowest BCUT2D eigenvalue weighted by Gasteiger charge is -2.27. The molecule has 0 spiro atoms. The normalized spacial score (nSPS) is 12.2. The SMILES string of the molecule is CCC(CC)(NS(=O)(=O)c1ccc(OC)c(F)c1)C(=O)O. The van der Waals surface area contributed by atoms with Crippen molar-refractivity contribution in [2.75, 3.05) is 7.11 Å². The first-order valence-corrected chi connectivity index (χ1v) is 7.81. The molecule has 0 aliphatic rings. The standard InChI is InChI=1S/C13H18FNO5S/c1-4-13(5-2,12(16)17)15-21(18,19)9-6-7-11(20-3)10(14)8-9/h6-8,15H,4-5H2,1-3H3,(H,16,17). The Morgan fingerprint density at radius 1 is 1.38 bits per heavy atom. The predicted octanol–water partition coefficient (Wildman–Crippen LogP) is 1.76. The molecule has 1 rings (SSSR count). The zero-order chi connectivity index (χ0) is 16.3. The number of carboxylic acid groups (broad SMARTS) is 1. The van der Waals surface area contributed by atoms with Crippen molar-refractivity contribution in [2.24, 2.45) is 0 Å². The van der Waals surface area contributed by atoms with Gasteiger partial charge in [-0.15, -0.1) is 0 Å². The summed E-state index contributed by atoms with van der Waals surface area (Å²) in [6.07, 6.45) is 0.132. The van der Waals surface area contributed by atoms with E-state index in [1.165, 1.54) is 13.2 Å². The molecule has 1 aromatic carbocycles. The molecular weight excluding hydrogens is 301 g/mol. The second kappa shape index (κ2) is 6.40. The number of rotatable bonds is 7. The molecule has 0 aliphatic carbocycles. The first-order valence-electron chi connectivity index (χ1n) is 6.33. The topological polar surface area (TPSA) is 92.7 Å². The number of carbonyl (C=O) groups is 1. The molecule has 0 saturated heterocycles. The average Bonchev–Trinajstić information content (AvgIpc) is 2.44. The van der Waals surface area contributed by atoms with Gasteiger partial charge >= 0.3 is 5.97 Å². The zero-order valence-corrected chi connectivity index (χ0v) is 12.8. The van der Waals surface area contributed by atoms with Gasteiger partial charge in [0, 0.05) is 0 Å². The van der Waals surface area contributed by atoms with E-state index in [4.69, 9.17) is 4.74 Å². The van der Waals surface area contributed by atoms with Crippen LogP contribution in [0.1, 0.15) is 26.7 Å². The summed E-state index contributed by atoms with van der Waals surface area (Å²) in [4.78, 5) is 11.0. The number of carboxylic acids is 1. The van der Waals surface area contributed by atoms with Crippen molar-refractivity contribution in [2.45, 2.75) is 37.1 Å². The number of ether oxygens (including phenoxy) is 1. The zero-order valence-electron chi connectivity index (χ0n) is 12.0.